The van der Waals surface area contributed by atoms with E-state index >= 15 is 0 Å². The van der Waals surface area contributed by atoms with Crippen molar-refractivity contribution in [1.82, 2.24) is 14.7 Å². The molecule has 2 unspecified atom stereocenters. The van der Waals surface area contributed by atoms with Crippen molar-refractivity contribution in [2.75, 3.05) is 13.1 Å². The van der Waals surface area contributed by atoms with Gasteiger partial charge in [-0.2, -0.15) is 5.10 Å². The minimum absolute atomic E-state index is 0.142. The highest BCUT2D eigenvalue weighted by atomic mass is 16.4. The minimum Gasteiger partial charge on any atom is -0.481 e. The van der Waals surface area contributed by atoms with E-state index in [9.17, 15) is 14.7 Å². The van der Waals surface area contributed by atoms with E-state index in [-0.39, 0.29) is 18.4 Å². The molecular weight excluding hydrogens is 330 g/mol. The molecule has 26 heavy (non-hydrogen) atoms. The van der Waals surface area contributed by atoms with Crippen LogP contribution in [-0.4, -0.2) is 44.8 Å². The maximum atomic E-state index is 13.0. The number of rotatable bonds is 3. The van der Waals surface area contributed by atoms with Gasteiger partial charge in [-0.15, -0.1) is 0 Å². The zero-order valence-corrected chi connectivity index (χ0v) is 15.7. The molecule has 6 nitrogen and oxygen atoms in total. The number of benzene rings is 1. The second kappa shape index (κ2) is 6.94. The number of likely N-dealkylation sites (tertiary alicyclic amines) is 1. The van der Waals surface area contributed by atoms with E-state index in [0.717, 1.165) is 22.5 Å². The highest BCUT2D eigenvalue weighted by Crippen LogP contribution is 2.25. The van der Waals surface area contributed by atoms with Crippen molar-refractivity contribution in [3.05, 3.63) is 46.8 Å². The summed E-state index contributed by atoms with van der Waals surface area (Å²) < 4.78 is 1.79. The third kappa shape index (κ3) is 3.36. The molecule has 1 aliphatic heterocycles. The summed E-state index contributed by atoms with van der Waals surface area (Å²) in [7, 11) is 0. The average molecular weight is 355 g/mol. The smallest absolute Gasteiger partial charge is 0.308 e. The van der Waals surface area contributed by atoms with Gasteiger partial charge in [0, 0.05) is 13.1 Å². The molecule has 1 saturated heterocycles. The third-order valence-corrected chi connectivity index (χ3v) is 5.13. The standard InChI is InChI=1S/C20H25N3O3/c1-12-5-6-14(3)18(8-12)23-15(4)17(9-21-23)19(24)22-10-13(2)7-16(11-22)20(25)26/h5-6,8-9,13,16H,7,10-11H2,1-4H3,(H,25,26). The van der Waals surface area contributed by atoms with Crippen molar-refractivity contribution in [2.24, 2.45) is 11.8 Å². The molecule has 0 radical (unpaired) electrons. The highest BCUT2D eigenvalue weighted by molar-refractivity contribution is 5.95. The van der Waals surface area contributed by atoms with E-state index in [1.807, 2.05) is 45.9 Å². The third-order valence-electron chi connectivity index (χ3n) is 5.13. The van der Waals surface area contributed by atoms with Crippen molar-refractivity contribution < 1.29 is 14.7 Å². The summed E-state index contributed by atoms with van der Waals surface area (Å²) in [5.41, 5.74) is 4.47. The number of hydrogen-bond donors (Lipinski definition) is 1. The fourth-order valence-corrected chi connectivity index (χ4v) is 3.68. The summed E-state index contributed by atoms with van der Waals surface area (Å²) in [5.74, 6) is -1.31. The Morgan fingerprint density at radius 3 is 2.62 bits per heavy atom. The molecule has 1 aliphatic rings. The lowest BCUT2D eigenvalue weighted by Crippen LogP contribution is -2.45. The fourth-order valence-electron chi connectivity index (χ4n) is 3.68. The number of hydrogen-bond acceptors (Lipinski definition) is 3. The molecule has 1 fully saturated rings. The van der Waals surface area contributed by atoms with Crippen LogP contribution in [-0.2, 0) is 4.79 Å². The first kappa shape index (κ1) is 18.2. The Morgan fingerprint density at radius 2 is 1.92 bits per heavy atom. The fraction of sp³-hybridized carbons (Fsp3) is 0.450. The number of carbonyl (C=O) groups excluding carboxylic acids is 1. The Balaban J connectivity index is 1.91. The van der Waals surface area contributed by atoms with E-state index in [2.05, 4.69) is 5.10 Å². The SMILES string of the molecule is Cc1ccc(C)c(-n2ncc(C(=O)N3CC(C)CC(C(=O)O)C3)c2C)c1. The van der Waals surface area contributed by atoms with Gasteiger partial charge in [0.05, 0.1) is 29.1 Å². The van der Waals surface area contributed by atoms with Crippen LogP contribution in [0.4, 0.5) is 0 Å². The zero-order chi connectivity index (χ0) is 19.0. The van der Waals surface area contributed by atoms with Gasteiger partial charge in [0.25, 0.3) is 5.91 Å². The summed E-state index contributed by atoms with van der Waals surface area (Å²) in [6.45, 7) is 8.74. The highest BCUT2D eigenvalue weighted by Gasteiger charge is 2.33. The number of amides is 1. The van der Waals surface area contributed by atoms with E-state index < -0.39 is 11.9 Å². The molecule has 1 aromatic heterocycles. The van der Waals surface area contributed by atoms with E-state index in [1.54, 1.807) is 15.8 Å². The van der Waals surface area contributed by atoms with Crippen molar-refractivity contribution in [3.63, 3.8) is 0 Å². The van der Waals surface area contributed by atoms with Gasteiger partial charge in [-0.25, -0.2) is 4.68 Å². The predicted molar refractivity (Wildman–Crippen MR) is 98.6 cm³/mol. The second-order valence-electron chi connectivity index (χ2n) is 7.43. The summed E-state index contributed by atoms with van der Waals surface area (Å²) in [4.78, 5) is 26.0. The van der Waals surface area contributed by atoms with Gasteiger partial charge in [0.2, 0.25) is 0 Å². The van der Waals surface area contributed by atoms with Gasteiger partial charge >= 0.3 is 5.97 Å². The Labute approximate surface area is 153 Å². The monoisotopic (exact) mass is 355 g/mol. The van der Waals surface area contributed by atoms with Gasteiger partial charge in [-0.3, -0.25) is 9.59 Å². The van der Waals surface area contributed by atoms with Crippen LogP contribution < -0.4 is 0 Å². The Bertz CT molecular complexity index is 856. The molecule has 0 spiro atoms. The first-order chi connectivity index (χ1) is 12.3. The maximum absolute atomic E-state index is 13.0. The number of aryl methyl sites for hydroxylation is 2. The quantitative estimate of drug-likeness (QED) is 0.918. The number of aromatic nitrogens is 2. The number of carbonyl (C=O) groups is 2. The van der Waals surface area contributed by atoms with Crippen LogP contribution in [0.3, 0.4) is 0 Å². The molecule has 1 amide bonds. The molecule has 2 heterocycles. The van der Waals surface area contributed by atoms with E-state index in [4.69, 9.17) is 0 Å². The van der Waals surface area contributed by atoms with Gasteiger partial charge in [-0.1, -0.05) is 19.1 Å². The van der Waals surface area contributed by atoms with Crippen LogP contribution in [0.5, 0.6) is 0 Å². The predicted octanol–water partition coefficient (Wildman–Crippen LogP) is 2.98. The van der Waals surface area contributed by atoms with Crippen molar-refractivity contribution in [1.29, 1.82) is 0 Å². The van der Waals surface area contributed by atoms with Crippen LogP contribution in [0, 0.1) is 32.6 Å². The second-order valence-corrected chi connectivity index (χ2v) is 7.43. The summed E-state index contributed by atoms with van der Waals surface area (Å²) in [6.07, 6.45) is 2.20. The van der Waals surface area contributed by atoms with Crippen LogP contribution in [0.1, 0.15) is 40.5 Å². The molecule has 6 heteroatoms. The number of nitrogens with zero attached hydrogens (tertiary/aromatic N) is 3. The molecule has 3 rings (SSSR count). The zero-order valence-electron chi connectivity index (χ0n) is 15.7. The number of carboxylic acid groups (broad SMARTS) is 1. The molecule has 2 atom stereocenters. The van der Waals surface area contributed by atoms with Crippen LogP contribution >= 0.6 is 0 Å². The Morgan fingerprint density at radius 1 is 1.19 bits per heavy atom. The number of aliphatic carboxylic acids is 1. The largest absolute Gasteiger partial charge is 0.481 e. The Kier molecular flexibility index (Phi) is 4.85. The first-order valence-electron chi connectivity index (χ1n) is 8.92. The van der Waals surface area contributed by atoms with Crippen LogP contribution in [0.2, 0.25) is 0 Å². The molecule has 1 N–H and O–H groups in total. The molecular formula is C20H25N3O3. The van der Waals surface area contributed by atoms with E-state index in [0.29, 0.717) is 18.5 Å². The molecule has 2 aromatic rings. The van der Waals surface area contributed by atoms with Crippen molar-refractivity contribution in [3.8, 4) is 5.69 Å². The van der Waals surface area contributed by atoms with Gasteiger partial charge < -0.3 is 10.0 Å². The van der Waals surface area contributed by atoms with Gasteiger partial charge in [0.1, 0.15) is 0 Å². The molecule has 0 aliphatic carbocycles. The molecule has 1 aromatic carbocycles. The maximum Gasteiger partial charge on any atom is 0.308 e. The average Bonchev–Trinajstić information content (AvgIpc) is 2.97. The van der Waals surface area contributed by atoms with Gasteiger partial charge in [0.15, 0.2) is 0 Å². The summed E-state index contributed by atoms with van der Waals surface area (Å²) in [6, 6.07) is 6.13. The van der Waals surface area contributed by atoms with Crippen molar-refractivity contribution in [2.45, 2.75) is 34.1 Å². The molecule has 0 saturated carbocycles. The lowest BCUT2D eigenvalue weighted by atomic mass is 9.90. The van der Waals surface area contributed by atoms with Crippen molar-refractivity contribution >= 4 is 11.9 Å². The summed E-state index contributed by atoms with van der Waals surface area (Å²) >= 11 is 0. The lowest BCUT2D eigenvalue weighted by molar-refractivity contribution is -0.143. The van der Waals surface area contributed by atoms with Crippen LogP contribution in [0.25, 0.3) is 5.69 Å². The minimum atomic E-state index is -0.836. The first-order valence-corrected chi connectivity index (χ1v) is 8.92. The lowest BCUT2D eigenvalue weighted by Gasteiger charge is -2.34. The molecule has 0 bridgehead atoms. The van der Waals surface area contributed by atoms with Gasteiger partial charge in [-0.05, 0) is 50.3 Å². The normalized spacial score (nSPS) is 20.2. The van der Waals surface area contributed by atoms with Crippen LogP contribution in [0.15, 0.2) is 24.4 Å². The number of carboxylic acids is 1. The molecule has 138 valence electrons. The Hall–Kier alpha value is -2.63. The summed E-state index contributed by atoms with van der Waals surface area (Å²) in [5, 5.41) is 13.8. The van der Waals surface area contributed by atoms with E-state index in [1.165, 1.54) is 0 Å². The topological polar surface area (TPSA) is 75.4 Å². The number of piperidine rings is 1.